The fraction of sp³-hybridized carbons (Fsp3) is 0.538. The monoisotopic (exact) mass is 225 g/mol. The van der Waals surface area contributed by atoms with Gasteiger partial charge in [-0.05, 0) is 44.4 Å². The predicted molar refractivity (Wildman–Crippen MR) is 63.8 cm³/mol. The number of hydrogen-bond acceptors (Lipinski definition) is 2. The van der Waals surface area contributed by atoms with E-state index in [-0.39, 0.29) is 18.0 Å². The van der Waals surface area contributed by atoms with Crippen molar-refractivity contribution in [1.82, 2.24) is 0 Å². The molecule has 0 amide bonds. The van der Waals surface area contributed by atoms with Gasteiger partial charge < -0.3 is 10.5 Å². The summed E-state index contributed by atoms with van der Waals surface area (Å²) in [6.07, 6.45) is 0.919. The first-order chi connectivity index (χ1) is 7.50. The quantitative estimate of drug-likeness (QED) is 0.836. The van der Waals surface area contributed by atoms with Crippen LogP contribution in [0.2, 0.25) is 0 Å². The molecule has 0 aliphatic rings. The minimum atomic E-state index is -0.197. The molecule has 1 aromatic carbocycles. The van der Waals surface area contributed by atoms with Gasteiger partial charge in [-0.15, -0.1) is 0 Å². The fourth-order valence-corrected chi connectivity index (χ4v) is 1.44. The van der Waals surface area contributed by atoms with E-state index in [2.05, 4.69) is 0 Å². The first kappa shape index (κ1) is 13.1. The molecule has 0 heterocycles. The summed E-state index contributed by atoms with van der Waals surface area (Å²) in [5.41, 5.74) is 7.43. The van der Waals surface area contributed by atoms with Gasteiger partial charge in [-0.3, -0.25) is 0 Å². The van der Waals surface area contributed by atoms with Crippen LogP contribution in [0.3, 0.4) is 0 Å². The van der Waals surface area contributed by atoms with Gasteiger partial charge in [0.15, 0.2) is 0 Å². The van der Waals surface area contributed by atoms with Crippen LogP contribution in [-0.2, 0) is 4.74 Å². The molecule has 0 radical (unpaired) electrons. The van der Waals surface area contributed by atoms with E-state index in [1.54, 1.807) is 13.0 Å². The molecule has 0 saturated carbocycles. The first-order valence-corrected chi connectivity index (χ1v) is 5.64. The van der Waals surface area contributed by atoms with Crippen LogP contribution in [0.1, 0.15) is 37.4 Å². The van der Waals surface area contributed by atoms with Crippen LogP contribution in [0, 0.1) is 12.7 Å². The standard InChI is InChI=1S/C13H20FNO/c1-9(2)16-7-6-13(15)11-5-4-10(3)12(14)8-11/h4-5,8-9,13H,6-7,15H2,1-3H3. The molecule has 0 bridgehead atoms. The van der Waals surface area contributed by atoms with Crippen molar-refractivity contribution in [3.63, 3.8) is 0 Å². The summed E-state index contributed by atoms with van der Waals surface area (Å²) >= 11 is 0. The highest BCUT2D eigenvalue weighted by atomic mass is 19.1. The third-order valence-electron chi connectivity index (χ3n) is 2.50. The van der Waals surface area contributed by atoms with Crippen molar-refractivity contribution >= 4 is 0 Å². The molecule has 3 heteroatoms. The van der Waals surface area contributed by atoms with Gasteiger partial charge in [0.05, 0.1) is 6.10 Å². The summed E-state index contributed by atoms with van der Waals surface area (Å²) in [5.74, 6) is -0.197. The minimum absolute atomic E-state index is 0.158. The van der Waals surface area contributed by atoms with E-state index in [0.717, 1.165) is 5.56 Å². The molecule has 0 fully saturated rings. The average molecular weight is 225 g/mol. The Labute approximate surface area is 96.6 Å². The Morgan fingerprint density at radius 3 is 2.62 bits per heavy atom. The number of hydrogen-bond donors (Lipinski definition) is 1. The van der Waals surface area contributed by atoms with E-state index in [9.17, 15) is 4.39 Å². The topological polar surface area (TPSA) is 35.2 Å². The number of benzene rings is 1. The second-order valence-corrected chi connectivity index (χ2v) is 4.32. The lowest BCUT2D eigenvalue weighted by atomic mass is 10.0. The smallest absolute Gasteiger partial charge is 0.126 e. The fourth-order valence-electron chi connectivity index (χ4n) is 1.44. The molecular weight excluding hydrogens is 205 g/mol. The summed E-state index contributed by atoms with van der Waals surface area (Å²) in [6.45, 7) is 6.31. The van der Waals surface area contributed by atoms with Crippen LogP contribution in [0.5, 0.6) is 0 Å². The van der Waals surface area contributed by atoms with Crippen molar-refractivity contribution in [1.29, 1.82) is 0 Å². The molecule has 1 unspecified atom stereocenters. The van der Waals surface area contributed by atoms with E-state index in [0.29, 0.717) is 18.6 Å². The van der Waals surface area contributed by atoms with Gasteiger partial charge in [0.25, 0.3) is 0 Å². The molecule has 2 N–H and O–H groups in total. The molecule has 0 spiro atoms. The SMILES string of the molecule is Cc1ccc(C(N)CCOC(C)C)cc1F. The zero-order valence-corrected chi connectivity index (χ0v) is 10.2. The maximum Gasteiger partial charge on any atom is 0.126 e. The van der Waals surface area contributed by atoms with Crippen LogP contribution in [-0.4, -0.2) is 12.7 Å². The van der Waals surface area contributed by atoms with Gasteiger partial charge in [-0.1, -0.05) is 12.1 Å². The zero-order chi connectivity index (χ0) is 12.1. The van der Waals surface area contributed by atoms with E-state index in [4.69, 9.17) is 10.5 Å². The normalized spacial score (nSPS) is 13.1. The molecule has 90 valence electrons. The average Bonchev–Trinajstić information content (AvgIpc) is 2.21. The third kappa shape index (κ3) is 3.91. The number of ether oxygens (including phenoxy) is 1. The van der Waals surface area contributed by atoms with E-state index >= 15 is 0 Å². The molecule has 1 aromatic rings. The summed E-state index contributed by atoms with van der Waals surface area (Å²) in [6, 6.07) is 4.98. The molecule has 0 saturated heterocycles. The Morgan fingerprint density at radius 1 is 1.38 bits per heavy atom. The highest BCUT2D eigenvalue weighted by Gasteiger charge is 2.08. The van der Waals surface area contributed by atoms with E-state index in [1.807, 2.05) is 19.9 Å². The Bertz CT molecular complexity index is 339. The molecular formula is C13H20FNO. The predicted octanol–water partition coefficient (Wildman–Crippen LogP) is 2.95. The second-order valence-electron chi connectivity index (χ2n) is 4.32. The van der Waals surface area contributed by atoms with Crippen LogP contribution in [0.15, 0.2) is 18.2 Å². The number of rotatable bonds is 5. The molecule has 16 heavy (non-hydrogen) atoms. The zero-order valence-electron chi connectivity index (χ0n) is 10.2. The summed E-state index contributed by atoms with van der Waals surface area (Å²) < 4.78 is 18.7. The van der Waals surface area contributed by atoms with Crippen molar-refractivity contribution in [3.05, 3.63) is 35.1 Å². The number of aryl methyl sites for hydroxylation is 1. The largest absolute Gasteiger partial charge is 0.379 e. The Balaban J connectivity index is 2.52. The van der Waals surface area contributed by atoms with Crippen LogP contribution in [0.4, 0.5) is 4.39 Å². The second kappa shape index (κ2) is 5.97. The van der Waals surface area contributed by atoms with E-state index in [1.165, 1.54) is 6.07 Å². The highest BCUT2D eigenvalue weighted by molar-refractivity contribution is 5.25. The lowest BCUT2D eigenvalue weighted by molar-refractivity contribution is 0.0736. The first-order valence-electron chi connectivity index (χ1n) is 5.64. The number of nitrogens with two attached hydrogens (primary N) is 1. The highest BCUT2D eigenvalue weighted by Crippen LogP contribution is 2.17. The molecule has 1 rings (SSSR count). The van der Waals surface area contributed by atoms with Gasteiger partial charge in [0.2, 0.25) is 0 Å². The summed E-state index contributed by atoms with van der Waals surface area (Å²) in [5, 5.41) is 0. The Hall–Kier alpha value is -0.930. The van der Waals surface area contributed by atoms with Crippen molar-refractivity contribution in [3.8, 4) is 0 Å². The molecule has 0 aromatic heterocycles. The lowest BCUT2D eigenvalue weighted by Crippen LogP contribution is -2.15. The van der Waals surface area contributed by atoms with Crippen molar-refractivity contribution in [2.75, 3.05) is 6.61 Å². The van der Waals surface area contributed by atoms with Gasteiger partial charge >= 0.3 is 0 Å². The summed E-state index contributed by atoms with van der Waals surface area (Å²) in [7, 11) is 0. The minimum Gasteiger partial charge on any atom is -0.379 e. The van der Waals surface area contributed by atoms with Crippen LogP contribution >= 0.6 is 0 Å². The maximum absolute atomic E-state index is 13.3. The summed E-state index contributed by atoms with van der Waals surface area (Å²) in [4.78, 5) is 0. The molecule has 0 aliphatic carbocycles. The molecule has 0 aliphatic heterocycles. The van der Waals surface area contributed by atoms with Crippen molar-refractivity contribution < 1.29 is 9.13 Å². The number of halogens is 1. The Kier molecular flexibility index (Phi) is 4.90. The Morgan fingerprint density at radius 2 is 2.06 bits per heavy atom. The molecule has 1 atom stereocenters. The third-order valence-corrected chi connectivity index (χ3v) is 2.50. The van der Waals surface area contributed by atoms with Gasteiger partial charge in [-0.2, -0.15) is 0 Å². The van der Waals surface area contributed by atoms with Crippen LogP contribution in [0.25, 0.3) is 0 Å². The van der Waals surface area contributed by atoms with Gasteiger partial charge in [-0.25, -0.2) is 4.39 Å². The maximum atomic E-state index is 13.3. The van der Waals surface area contributed by atoms with Crippen molar-refractivity contribution in [2.24, 2.45) is 5.73 Å². The van der Waals surface area contributed by atoms with Crippen molar-refractivity contribution in [2.45, 2.75) is 39.3 Å². The molecule has 2 nitrogen and oxygen atoms in total. The lowest BCUT2D eigenvalue weighted by Gasteiger charge is -2.14. The van der Waals surface area contributed by atoms with Gasteiger partial charge in [0, 0.05) is 12.6 Å². The van der Waals surface area contributed by atoms with Crippen LogP contribution < -0.4 is 5.73 Å². The van der Waals surface area contributed by atoms with E-state index < -0.39 is 0 Å². The van der Waals surface area contributed by atoms with Gasteiger partial charge in [0.1, 0.15) is 5.82 Å².